The fraction of sp³-hybridized carbons (Fsp3) is 0.400. The third-order valence-electron chi connectivity index (χ3n) is 3.93. The maximum Gasteiger partial charge on any atom is 0.335 e. The molecule has 2 rings (SSSR count). The maximum absolute atomic E-state index is 12.7. The molecule has 0 aliphatic rings. The van der Waals surface area contributed by atoms with Gasteiger partial charge >= 0.3 is 7.60 Å². The summed E-state index contributed by atoms with van der Waals surface area (Å²) in [6, 6.07) is 8.23. The van der Waals surface area contributed by atoms with Crippen molar-refractivity contribution in [3.8, 4) is 17.2 Å². The molecule has 0 saturated carbocycles. The molecule has 0 spiro atoms. The minimum atomic E-state index is -3.27. The molecule has 0 amide bonds. The first-order valence-corrected chi connectivity index (χ1v) is 11.5. The second-order valence-corrected chi connectivity index (χ2v) is 9.34. The lowest BCUT2D eigenvalue weighted by molar-refractivity contribution is 0.219. The fourth-order valence-electron chi connectivity index (χ4n) is 2.72. The lowest BCUT2D eigenvalue weighted by Crippen LogP contribution is -1.99. The molecule has 0 saturated heterocycles. The van der Waals surface area contributed by atoms with Crippen molar-refractivity contribution in [2.75, 3.05) is 13.2 Å². The second kappa shape index (κ2) is 10.00. The van der Waals surface area contributed by atoms with Crippen LogP contribution in [0.25, 0.3) is 0 Å². The van der Waals surface area contributed by atoms with Crippen molar-refractivity contribution in [2.45, 2.75) is 39.8 Å². The van der Waals surface area contributed by atoms with Crippen LogP contribution in [0.3, 0.4) is 0 Å². The second-order valence-electron chi connectivity index (χ2n) is 6.47. The molecule has 154 valence electrons. The normalized spacial score (nSPS) is 11.8. The van der Waals surface area contributed by atoms with Gasteiger partial charge in [0.2, 0.25) is 0 Å². The molecule has 0 aliphatic heterocycles. The van der Waals surface area contributed by atoms with Gasteiger partial charge in [0, 0.05) is 5.56 Å². The highest BCUT2D eigenvalue weighted by atomic mass is 35.5. The third kappa shape index (κ3) is 5.88. The summed E-state index contributed by atoms with van der Waals surface area (Å²) in [5, 5.41) is 10.5. The molecule has 5 nitrogen and oxygen atoms in total. The molecule has 0 heterocycles. The molecule has 0 unspecified atom stereocenters. The Labute approximate surface area is 176 Å². The lowest BCUT2D eigenvalue weighted by atomic mass is 10.0. The smallest absolute Gasteiger partial charge is 0.335 e. The van der Waals surface area contributed by atoms with Crippen LogP contribution in [-0.2, 0) is 19.8 Å². The van der Waals surface area contributed by atoms with E-state index in [0.29, 0.717) is 11.3 Å². The van der Waals surface area contributed by atoms with Crippen LogP contribution >= 0.6 is 30.8 Å². The highest BCUT2D eigenvalue weighted by Crippen LogP contribution is 2.52. The van der Waals surface area contributed by atoms with E-state index in [-0.39, 0.29) is 46.8 Å². The topological polar surface area (TPSA) is 65.0 Å². The van der Waals surface area contributed by atoms with Crippen LogP contribution in [0.2, 0.25) is 10.0 Å². The number of rotatable bonds is 9. The fourth-order valence-corrected chi connectivity index (χ4v) is 5.01. The molecule has 1 N–H and O–H groups in total. The van der Waals surface area contributed by atoms with E-state index >= 15 is 0 Å². The van der Waals surface area contributed by atoms with E-state index in [1.54, 1.807) is 44.2 Å². The molecule has 0 aliphatic carbocycles. The predicted octanol–water partition coefficient (Wildman–Crippen LogP) is 7.38. The van der Waals surface area contributed by atoms with Gasteiger partial charge in [-0.05, 0) is 55.7 Å². The van der Waals surface area contributed by atoms with Crippen LogP contribution in [-0.4, -0.2) is 18.3 Å². The van der Waals surface area contributed by atoms with Gasteiger partial charge in [-0.3, -0.25) is 4.57 Å². The summed E-state index contributed by atoms with van der Waals surface area (Å²) >= 11 is 12.7. The zero-order valence-electron chi connectivity index (χ0n) is 16.4. The standard InChI is InChI=1S/C20H25Cl2O5P/c1-5-25-28(24,26-6-2)12-14-9-17(21)20(18(22)10-14)27-15-7-8-19(23)16(11-15)13(3)4/h7-11,13,23H,5-6,12H2,1-4H3. The van der Waals surface area contributed by atoms with Crippen molar-refractivity contribution in [1.29, 1.82) is 0 Å². The quantitative estimate of drug-likeness (QED) is 0.406. The first-order valence-electron chi connectivity index (χ1n) is 9.05. The molecule has 0 aromatic heterocycles. The van der Waals surface area contributed by atoms with Crippen molar-refractivity contribution in [1.82, 2.24) is 0 Å². The number of aromatic hydroxyl groups is 1. The number of hydrogen-bond donors (Lipinski definition) is 1. The Morgan fingerprint density at radius 3 is 2.11 bits per heavy atom. The number of hydrogen-bond acceptors (Lipinski definition) is 5. The SMILES string of the molecule is CCOP(=O)(Cc1cc(Cl)c(Oc2ccc(O)c(C(C)C)c2)c(Cl)c1)OCC. The summed E-state index contributed by atoms with van der Waals surface area (Å²) in [7, 11) is -3.27. The van der Waals surface area contributed by atoms with Gasteiger partial charge in [0.1, 0.15) is 11.5 Å². The summed E-state index contributed by atoms with van der Waals surface area (Å²) in [6.07, 6.45) is 0.0606. The number of benzene rings is 2. The van der Waals surface area contributed by atoms with Crippen molar-refractivity contribution >= 4 is 30.8 Å². The Balaban J connectivity index is 2.29. The first-order chi connectivity index (χ1) is 13.2. The Morgan fingerprint density at radius 1 is 1.04 bits per heavy atom. The largest absolute Gasteiger partial charge is 0.508 e. The van der Waals surface area contributed by atoms with Gasteiger partial charge in [-0.1, -0.05) is 37.0 Å². The molecule has 0 atom stereocenters. The predicted molar refractivity (Wildman–Crippen MR) is 113 cm³/mol. The Morgan fingerprint density at radius 2 is 1.61 bits per heavy atom. The van der Waals surface area contributed by atoms with Crippen molar-refractivity contribution < 1.29 is 23.5 Å². The summed E-state index contributed by atoms with van der Waals surface area (Å²) in [6.45, 7) is 8.01. The van der Waals surface area contributed by atoms with Crippen LogP contribution in [0, 0.1) is 0 Å². The van der Waals surface area contributed by atoms with Crippen LogP contribution in [0.1, 0.15) is 44.7 Å². The van der Waals surface area contributed by atoms with Crippen LogP contribution < -0.4 is 4.74 Å². The van der Waals surface area contributed by atoms with E-state index in [1.807, 2.05) is 13.8 Å². The van der Waals surface area contributed by atoms with Gasteiger partial charge in [-0.25, -0.2) is 0 Å². The third-order valence-corrected chi connectivity index (χ3v) is 6.54. The average Bonchev–Trinajstić information content (AvgIpc) is 2.59. The highest BCUT2D eigenvalue weighted by molar-refractivity contribution is 7.53. The maximum atomic E-state index is 12.7. The minimum Gasteiger partial charge on any atom is -0.508 e. The Hall–Kier alpha value is -1.23. The highest BCUT2D eigenvalue weighted by Gasteiger charge is 2.25. The Bertz CT molecular complexity index is 837. The van der Waals surface area contributed by atoms with Gasteiger partial charge in [0.15, 0.2) is 5.75 Å². The van der Waals surface area contributed by atoms with E-state index < -0.39 is 7.60 Å². The zero-order chi connectivity index (χ0) is 20.9. The molecule has 8 heteroatoms. The van der Waals surface area contributed by atoms with Crippen LogP contribution in [0.4, 0.5) is 0 Å². The zero-order valence-corrected chi connectivity index (χ0v) is 18.8. The van der Waals surface area contributed by atoms with Gasteiger partial charge in [-0.2, -0.15) is 0 Å². The van der Waals surface area contributed by atoms with E-state index in [9.17, 15) is 9.67 Å². The number of phenols is 1. The lowest BCUT2D eigenvalue weighted by Gasteiger charge is -2.18. The van der Waals surface area contributed by atoms with Crippen LogP contribution in [0.15, 0.2) is 30.3 Å². The molecule has 0 bridgehead atoms. The number of halogens is 2. The van der Waals surface area contributed by atoms with Crippen molar-refractivity contribution in [3.05, 3.63) is 51.5 Å². The van der Waals surface area contributed by atoms with Gasteiger partial charge in [0.25, 0.3) is 0 Å². The number of phenolic OH excluding ortho intramolecular Hbond substituents is 1. The molecule has 28 heavy (non-hydrogen) atoms. The van der Waals surface area contributed by atoms with Gasteiger partial charge in [-0.15, -0.1) is 0 Å². The first kappa shape index (κ1) is 23.1. The van der Waals surface area contributed by atoms with E-state index in [2.05, 4.69) is 0 Å². The molecule has 0 radical (unpaired) electrons. The van der Waals surface area contributed by atoms with Crippen LogP contribution in [0.5, 0.6) is 17.2 Å². The monoisotopic (exact) mass is 446 g/mol. The molecular formula is C20H25Cl2O5P. The van der Waals surface area contributed by atoms with E-state index in [0.717, 1.165) is 5.56 Å². The molecule has 2 aromatic rings. The summed E-state index contributed by atoms with van der Waals surface area (Å²) in [5.74, 6) is 1.13. The average molecular weight is 447 g/mol. The van der Waals surface area contributed by atoms with Gasteiger partial charge < -0.3 is 18.9 Å². The summed E-state index contributed by atoms with van der Waals surface area (Å²) in [5.41, 5.74) is 1.39. The van der Waals surface area contributed by atoms with Crippen molar-refractivity contribution in [3.63, 3.8) is 0 Å². The summed E-state index contributed by atoms with van der Waals surface area (Å²) in [4.78, 5) is 0. The van der Waals surface area contributed by atoms with Crippen molar-refractivity contribution in [2.24, 2.45) is 0 Å². The number of ether oxygens (including phenoxy) is 1. The van der Waals surface area contributed by atoms with Gasteiger partial charge in [0.05, 0.1) is 29.4 Å². The molecule has 0 fully saturated rings. The summed E-state index contributed by atoms with van der Waals surface area (Å²) < 4.78 is 29.2. The molecule has 2 aromatic carbocycles. The Kier molecular flexibility index (Phi) is 8.23. The minimum absolute atomic E-state index is 0.0606. The van der Waals surface area contributed by atoms with E-state index in [4.69, 9.17) is 37.0 Å². The van der Waals surface area contributed by atoms with E-state index in [1.165, 1.54) is 0 Å². The molecular weight excluding hydrogens is 422 g/mol.